The lowest BCUT2D eigenvalue weighted by Crippen LogP contribution is -2.17. The lowest BCUT2D eigenvalue weighted by molar-refractivity contribution is -0.136. The van der Waals surface area contributed by atoms with Gasteiger partial charge in [0.15, 0.2) is 0 Å². The third-order valence-electron chi connectivity index (χ3n) is 1.74. The van der Waals surface area contributed by atoms with E-state index in [-0.39, 0.29) is 5.70 Å². The van der Waals surface area contributed by atoms with Crippen LogP contribution in [-0.4, -0.2) is 19.0 Å². The van der Waals surface area contributed by atoms with E-state index in [1.807, 2.05) is 6.07 Å². The van der Waals surface area contributed by atoms with Gasteiger partial charge < -0.3 is 15.8 Å². The smallest absolute Gasteiger partial charge is 0.354 e. The van der Waals surface area contributed by atoms with Crippen LogP contribution in [0.4, 0.5) is 5.69 Å². The number of carbonyl (C=O) groups is 2. The summed E-state index contributed by atoms with van der Waals surface area (Å²) in [5.74, 6) is -1.37. The van der Waals surface area contributed by atoms with Crippen molar-refractivity contribution in [1.82, 2.24) is 0 Å². The van der Waals surface area contributed by atoms with Crippen molar-refractivity contribution < 1.29 is 14.3 Å². The van der Waals surface area contributed by atoms with Gasteiger partial charge in [-0.3, -0.25) is 4.79 Å². The average molecular weight is 220 g/mol. The fourth-order valence-corrected chi connectivity index (χ4v) is 1.08. The Hall–Kier alpha value is -2.30. The summed E-state index contributed by atoms with van der Waals surface area (Å²) in [7, 11) is 1.23. The molecule has 1 aromatic carbocycles. The molecule has 0 aliphatic heterocycles. The van der Waals surface area contributed by atoms with Gasteiger partial charge in [-0.15, -0.1) is 0 Å². The summed E-state index contributed by atoms with van der Waals surface area (Å²) in [4.78, 5) is 22.0. The summed E-state index contributed by atoms with van der Waals surface area (Å²) in [6.07, 6.45) is 0.985. The molecular formula is C11H12N2O3. The van der Waals surface area contributed by atoms with Gasteiger partial charge in [0.2, 0.25) is 5.91 Å². The van der Waals surface area contributed by atoms with Crippen molar-refractivity contribution in [3.05, 3.63) is 42.1 Å². The first-order valence-electron chi connectivity index (χ1n) is 4.55. The molecule has 3 N–H and O–H groups in total. The Labute approximate surface area is 92.9 Å². The van der Waals surface area contributed by atoms with Crippen LogP contribution in [0.2, 0.25) is 0 Å². The lowest BCUT2D eigenvalue weighted by Gasteiger charge is -2.07. The zero-order valence-corrected chi connectivity index (χ0v) is 8.77. The number of primary amides is 1. The molecule has 0 saturated carbocycles. The van der Waals surface area contributed by atoms with E-state index in [2.05, 4.69) is 10.1 Å². The minimum Gasteiger partial charge on any atom is -0.464 e. The van der Waals surface area contributed by atoms with Gasteiger partial charge in [0.1, 0.15) is 5.70 Å². The highest BCUT2D eigenvalue weighted by atomic mass is 16.5. The minimum absolute atomic E-state index is 0.00111. The van der Waals surface area contributed by atoms with Crippen molar-refractivity contribution in [2.45, 2.75) is 0 Å². The number of nitrogens with one attached hydrogen (secondary N) is 1. The Kier molecular flexibility index (Phi) is 4.08. The molecule has 84 valence electrons. The average Bonchev–Trinajstić information content (AvgIpc) is 2.28. The quantitative estimate of drug-likeness (QED) is 0.576. The molecule has 0 fully saturated rings. The Morgan fingerprint density at radius 1 is 1.31 bits per heavy atom. The Bertz CT molecular complexity index is 412. The highest BCUT2D eigenvalue weighted by Crippen LogP contribution is 2.09. The number of anilines is 1. The molecule has 16 heavy (non-hydrogen) atoms. The SMILES string of the molecule is COC(=O)/C(=C/C(N)=O)Nc1ccccc1. The van der Waals surface area contributed by atoms with E-state index in [0.717, 1.165) is 6.08 Å². The van der Waals surface area contributed by atoms with Crippen LogP contribution >= 0.6 is 0 Å². The molecule has 0 atom stereocenters. The van der Waals surface area contributed by atoms with Crippen LogP contribution in [0.1, 0.15) is 0 Å². The number of carbonyl (C=O) groups excluding carboxylic acids is 2. The molecule has 0 saturated heterocycles. The number of amides is 1. The maximum absolute atomic E-state index is 11.3. The molecule has 5 nitrogen and oxygen atoms in total. The molecule has 1 aromatic rings. The predicted molar refractivity (Wildman–Crippen MR) is 59.4 cm³/mol. The van der Waals surface area contributed by atoms with E-state index in [1.165, 1.54) is 7.11 Å². The van der Waals surface area contributed by atoms with Crippen LogP contribution < -0.4 is 11.1 Å². The van der Waals surface area contributed by atoms with Gasteiger partial charge in [0.25, 0.3) is 0 Å². The highest BCUT2D eigenvalue weighted by molar-refractivity contribution is 5.99. The number of hydrogen-bond donors (Lipinski definition) is 2. The van der Waals surface area contributed by atoms with Crippen molar-refractivity contribution in [3.8, 4) is 0 Å². The molecule has 0 heterocycles. The second-order valence-electron chi connectivity index (χ2n) is 2.94. The number of methoxy groups -OCH3 is 1. The summed E-state index contributed by atoms with van der Waals surface area (Å²) < 4.78 is 4.51. The van der Waals surface area contributed by atoms with Gasteiger partial charge in [0.05, 0.1) is 7.11 Å². The second-order valence-corrected chi connectivity index (χ2v) is 2.94. The third-order valence-corrected chi connectivity index (χ3v) is 1.74. The topological polar surface area (TPSA) is 81.4 Å². The normalized spacial score (nSPS) is 10.7. The first-order valence-corrected chi connectivity index (χ1v) is 4.55. The molecule has 0 unspecified atom stereocenters. The number of hydrogen-bond acceptors (Lipinski definition) is 4. The van der Waals surface area contributed by atoms with Crippen molar-refractivity contribution in [2.24, 2.45) is 5.73 Å². The summed E-state index contributed by atoms with van der Waals surface area (Å²) in [5.41, 5.74) is 5.64. The van der Waals surface area contributed by atoms with E-state index < -0.39 is 11.9 Å². The van der Waals surface area contributed by atoms with Gasteiger partial charge in [-0.05, 0) is 12.1 Å². The Balaban J connectivity index is 2.88. The van der Waals surface area contributed by atoms with Crippen LogP contribution in [0.25, 0.3) is 0 Å². The van der Waals surface area contributed by atoms with Gasteiger partial charge >= 0.3 is 5.97 Å². The van der Waals surface area contributed by atoms with Gasteiger partial charge in [0, 0.05) is 11.8 Å². The standard InChI is InChI=1S/C11H12N2O3/c1-16-11(15)9(7-10(12)14)13-8-5-3-2-4-6-8/h2-7,13H,1H3,(H2,12,14)/b9-7-. The molecule has 5 heteroatoms. The number of ether oxygens (including phenoxy) is 1. The summed E-state index contributed by atoms with van der Waals surface area (Å²) in [5, 5.41) is 2.75. The Morgan fingerprint density at radius 2 is 1.94 bits per heavy atom. The van der Waals surface area contributed by atoms with Crippen molar-refractivity contribution in [1.29, 1.82) is 0 Å². The fourth-order valence-electron chi connectivity index (χ4n) is 1.08. The molecule has 0 spiro atoms. The van der Waals surface area contributed by atoms with Crippen molar-refractivity contribution >= 4 is 17.6 Å². The molecule has 0 aliphatic carbocycles. The number of benzene rings is 1. The number of nitrogens with two attached hydrogens (primary N) is 1. The minimum atomic E-state index is -0.719. The molecule has 0 radical (unpaired) electrons. The van der Waals surface area contributed by atoms with Crippen LogP contribution in [0.15, 0.2) is 42.1 Å². The summed E-state index contributed by atoms with van der Waals surface area (Å²) >= 11 is 0. The first-order chi connectivity index (χ1) is 7.63. The first kappa shape index (κ1) is 11.8. The zero-order valence-electron chi connectivity index (χ0n) is 8.77. The molecular weight excluding hydrogens is 208 g/mol. The third kappa shape index (κ3) is 3.45. The maximum Gasteiger partial charge on any atom is 0.354 e. The van der Waals surface area contributed by atoms with Crippen molar-refractivity contribution in [3.63, 3.8) is 0 Å². The maximum atomic E-state index is 11.3. The van der Waals surface area contributed by atoms with E-state index >= 15 is 0 Å². The summed E-state index contributed by atoms with van der Waals surface area (Å²) in [6.45, 7) is 0. The number of para-hydroxylation sites is 1. The molecule has 0 aliphatic rings. The molecule has 0 aromatic heterocycles. The van der Waals surface area contributed by atoms with E-state index in [1.54, 1.807) is 24.3 Å². The van der Waals surface area contributed by atoms with E-state index in [4.69, 9.17) is 5.73 Å². The number of esters is 1. The van der Waals surface area contributed by atoms with Crippen LogP contribution in [0.5, 0.6) is 0 Å². The largest absolute Gasteiger partial charge is 0.464 e. The zero-order chi connectivity index (χ0) is 12.0. The van der Waals surface area contributed by atoms with Crippen LogP contribution in [0.3, 0.4) is 0 Å². The summed E-state index contributed by atoms with van der Waals surface area (Å²) in [6, 6.07) is 8.92. The van der Waals surface area contributed by atoms with Crippen LogP contribution in [0, 0.1) is 0 Å². The van der Waals surface area contributed by atoms with Gasteiger partial charge in [-0.2, -0.15) is 0 Å². The predicted octanol–water partition coefficient (Wildman–Crippen LogP) is 0.641. The Morgan fingerprint density at radius 3 is 2.44 bits per heavy atom. The molecule has 0 bridgehead atoms. The highest BCUT2D eigenvalue weighted by Gasteiger charge is 2.10. The second kappa shape index (κ2) is 5.55. The lowest BCUT2D eigenvalue weighted by atomic mass is 10.3. The molecule has 1 amide bonds. The van der Waals surface area contributed by atoms with E-state index in [0.29, 0.717) is 5.69 Å². The van der Waals surface area contributed by atoms with E-state index in [9.17, 15) is 9.59 Å². The molecule has 1 rings (SSSR count). The van der Waals surface area contributed by atoms with Gasteiger partial charge in [-0.25, -0.2) is 4.79 Å². The fraction of sp³-hybridized carbons (Fsp3) is 0.0909. The van der Waals surface area contributed by atoms with Gasteiger partial charge in [-0.1, -0.05) is 18.2 Å². The van der Waals surface area contributed by atoms with Crippen LogP contribution in [-0.2, 0) is 14.3 Å². The monoisotopic (exact) mass is 220 g/mol. The number of rotatable bonds is 4. The van der Waals surface area contributed by atoms with Crippen molar-refractivity contribution in [2.75, 3.05) is 12.4 Å².